The van der Waals surface area contributed by atoms with E-state index in [0.717, 1.165) is 12.8 Å². The lowest BCUT2D eigenvalue weighted by molar-refractivity contribution is -0.152. The van der Waals surface area contributed by atoms with Gasteiger partial charge in [-0.25, -0.2) is 0 Å². The van der Waals surface area contributed by atoms with Gasteiger partial charge in [0.2, 0.25) is 5.91 Å². The van der Waals surface area contributed by atoms with Gasteiger partial charge in [-0.3, -0.25) is 9.59 Å². The van der Waals surface area contributed by atoms with Gasteiger partial charge in [0.1, 0.15) is 0 Å². The van der Waals surface area contributed by atoms with E-state index in [2.05, 4.69) is 17.4 Å². The Hall–Kier alpha value is -1.84. The quantitative estimate of drug-likeness (QED) is 0.687. The molecule has 0 aromatic heterocycles. The summed E-state index contributed by atoms with van der Waals surface area (Å²) in [4.78, 5) is 23.3. The third kappa shape index (κ3) is 5.21. The molecular weight excluding hydrogens is 266 g/mol. The Morgan fingerprint density at radius 3 is 2.29 bits per heavy atom. The molecule has 0 aliphatic rings. The van der Waals surface area contributed by atoms with E-state index in [4.69, 9.17) is 0 Å². The summed E-state index contributed by atoms with van der Waals surface area (Å²) >= 11 is 0. The van der Waals surface area contributed by atoms with Crippen LogP contribution in [-0.2, 0) is 16.0 Å². The number of amides is 1. The zero-order valence-electron chi connectivity index (χ0n) is 12.9. The highest BCUT2D eigenvalue weighted by Gasteiger charge is 2.36. The highest BCUT2D eigenvalue weighted by Crippen LogP contribution is 2.30. The first-order valence-corrected chi connectivity index (χ1v) is 7.58. The number of hydrogen-bond donors (Lipinski definition) is 2. The summed E-state index contributed by atoms with van der Waals surface area (Å²) in [5, 5.41) is 12.1. The van der Waals surface area contributed by atoms with Crippen molar-refractivity contribution in [3.8, 4) is 0 Å². The van der Waals surface area contributed by atoms with Gasteiger partial charge in [0.25, 0.3) is 0 Å². The molecule has 21 heavy (non-hydrogen) atoms. The zero-order chi connectivity index (χ0) is 15.7. The van der Waals surface area contributed by atoms with Gasteiger partial charge in [0, 0.05) is 13.0 Å². The number of nitrogens with one attached hydrogen (secondary N) is 1. The molecule has 2 N–H and O–H groups in total. The summed E-state index contributed by atoms with van der Waals surface area (Å²) < 4.78 is 0. The standard InChI is InChI=1S/C17H25NO3/c1-3-17(4-2,16(20)21)13-15(19)18-12-8-11-14-9-6-5-7-10-14/h5-7,9-10H,3-4,8,11-13H2,1-2H3,(H,18,19)(H,20,21). The molecule has 0 aliphatic heterocycles. The Morgan fingerprint density at radius 2 is 1.76 bits per heavy atom. The zero-order valence-corrected chi connectivity index (χ0v) is 12.9. The summed E-state index contributed by atoms with van der Waals surface area (Å²) in [7, 11) is 0. The second-order valence-electron chi connectivity index (χ2n) is 5.41. The van der Waals surface area contributed by atoms with Crippen molar-refractivity contribution in [1.29, 1.82) is 0 Å². The van der Waals surface area contributed by atoms with E-state index >= 15 is 0 Å². The third-order valence-corrected chi connectivity index (χ3v) is 4.11. The lowest BCUT2D eigenvalue weighted by Gasteiger charge is -2.25. The lowest BCUT2D eigenvalue weighted by Crippen LogP contribution is -2.37. The third-order valence-electron chi connectivity index (χ3n) is 4.11. The van der Waals surface area contributed by atoms with Crippen molar-refractivity contribution in [1.82, 2.24) is 5.32 Å². The number of aryl methyl sites for hydroxylation is 1. The van der Waals surface area contributed by atoms with Crippen LogP contribution >= 0.6 is 0 Å². The van der Waals surface area contributed by atoms with E-state index < -0.39 is 11.4 Å². The number of carboxylic acid groups (broad SMARTS) is 1. The molecule has 0 atom stereocenters. The second-order valence-corrected chi connectivity index (χ2v) is 5.41. The van der Waals surface area contributed by atoms with Crippen molar-refractivity contribution < 1.29 is 14.7 Å². The summed E-state index contributed by atoms with van der Waals surface area (Å²) in [6.45, 7) is 4.22. The Balaban J connectivity index is 2.35. The Morgan fingerprint density at radius 1 is 1.14 bits per heavy atom. The van der Waals surface area contributed by atoms with Crippen LogP contribution in [0, 0.1) is 5.41 Å². The number of aliphatic carboxylic acids is 1. The normalized spacial score (nSPS) is 11.1. The summed E-state index contributed by atoms with van der Waals surface area (Å²) in [6, 6.07) is 10.1. The maximum Gasteiger partial charge on any atom is 0.310 e. The molecule has 4 nitrogen and oxygen atoms in total. The van der Waals surface area contributed by atoms with Crippen molar-refractivity contribution in [2.24, 2.45) is 5.41 Å². The monoisotopic (exact) mass is 291 g/mol. The SMILES string of the molecule is CCC(CC)(CC(=O)NCCCc1ccccc1)C(=O)O. The minimum atomic E-state index is -0.927. The van der Waals surface area contributed by atoms with Crippen molar-refractivity contribution in [2.45, 2.75) is 46.0 Å². The summed E-state index contributed by atoms with van der Waals surface area (Å²) in [6.07, 6.45) is 2.76. The fourth-order valence-corrected chi connectivity index (χ4v) is 2.41. The average Bonchev–Trinajstić information content (AvgIpc) is 2.50. The Labute approximate surface area is 126 Å². The maximum absolute atomic E-state index is 11.9. The van der Waals surface area contributed by atoms with E-state index in [1.165, 1.54) is 5.56 Å². The fraction of sp³-hybridized carbons (Fsp3) is 0.529. The molecule has 1 aromatic rings. The molecule has 0 saturated carbocycles. The van der Waals surface area contributed by atoms with Crippen molar-refractivity contribution in [2.75, 3.05) is 6.54 Å². The van der Waals surface area contributed by atoms with Crippen LogP contribution in [0.15, 0.2) is 30.3 Å². The molecule has 4 heteroatoms. The first-order chi connectivity index (χ1) is 10.0. The number of rotatable bonds is 9. The molecule has 0 spiro atoms. The van der Waals surface area contributed by atoms with Gasteiger partial charge in [0.15, 0.2) is 0 Å². The Kier molecular flexibility index (Phi) is 6.92. The van der Waals surface area contributed by atoms with Gasteiger partial charge in [-0.1, -0.05) is 44.2 Å². The van der Waals surface area contributed by atoms with Gasteiger partial charge in [-0.2, -0.15) is 0 Å². The molecule has 0 heterocycles. The van der Waals surface area contributed by atoms with Crippen LogP contribution in [0.2, 0.25) is 0 Å². The molecule has 0 aliphatic carbocycles. The van der Waals surface area contributed by atoms with Crippen molar-refractivity contribution in [3.05, 3.63) is 35.9 Å². The van der Waals surface area contributed by atoms with Crippen LogP contribution in [0.5, 0.6) is 0 Å². The molecule has 1 amide bonds. The summed E-state index contributed by atoms with van der Waals surface area (Å²) in [5.41, 5.74) is 0.317. The maximum atomic E-state index is 11.9. The number of hydrogen-bond acceptors (Lipinski definition) is 2. The van der Waals surface area contributed by atoms with Gasteiger partial charge < -0.3 is 10.4 Å². The number of carbonyl (C=O) groups excluding carboxylic acids is 1. The Bertz CT molecular complexity index is 452. The van der Waals surface area contributed by atoms with E-state index in [9.17, 15) is 14.7 Å². The van der Waals surface area contributed by atoms with Crippen LogP contribution in [0.4, 0.5) is 0 Å². The smallest absolute Gasteiger partial charge is 0.310 e. The second kappa shape index (κ2) is 8.45. The first-order valence-electron chi connectivity index (χ1n) is 7.58. The van der Waals surface area contributed by atoms with Gasteiger partial charge in [0.05, 0.1) is 5.41 Å². The van der Waals surface area contributed by atoms with Crippen LogP contribution in [0.3, 0.4) is 0 Å². The largest absolute Gasteiger partial charge is 0.481 e. The molecule has 0 fully saturated rings. The molecule has 1 rings (SSSR count). The van der Waals surface area contributed by atoms with Crippen LogP contribution in [0.25, 0.3) is 0 Å². The van der Waals surface area contributed by atoms with Gasteiger partial charge in [-0.05, 0) is 31.2 Å². The topological polar surface area (TPSA) is 66.4 Å². The predicted molar refractivity (Wildman–Crippen MR) is 83.0 cm³/mol. The van der Waals surface area contributed by atoms with E-state index in [0.29, 0.717) is 19.4 Å². The molecular formula is C17H25NO3. The molecule has 0 bridgehead atoms. The number of benzene rings is 1. The minimum absolute atomic E-state index is 0.0562. The van der Waals surface area contributed by atoms with Crippen molar-refractivity contribution >= 4 is 11.9 Å². The first kappa shape index (κ1) is 17.2. The fourth-order valence-electron chi connectivity index (χ4n) is 2.41. The lowest BCUT2D eigenvalue weighted by atomic mass is 9.79. The highest BCUT2D eigenvalue weighted by molar-refractivity contribution is 5.84. The van der Waals surface area contributed by atoms with Crippen LogP contribution in [-0.4, -0.2) is 23.5 Å². The molecule has 0 radical (unpaired) electrons. The molecule has 0 unspecified atom stereocenters. The van der Waals surface area contributed by atoms with Crippen LogP contribution < -0.4 is 5.32 Å². The summed E-state index contributed by atoms with van der Waals surface area (Å²) in [5.74, 6) is -1.05. The van der Waals surface area contributed by atoms with Crippen molar-refractivity contribution in [3.63, 3.8) is 0 Å². The number of carbonyl (C=O) groups is 2. The van der Waals surface area contributed by atoms with Gasteiger partial charge in [-0.15, -0.1) is 0 Å². The molecule has 1 aromatic carbocycles. The average molecular weight is 291 g/mol. The number of carboxylic acids is 1. The highest BCUT2D eigenvalue weighted by atomic mass is 16.4. The molecule has 0 saturated heterocycles. The minimum Gasteiger partial charge on any atom is -0.481 e. The van der Waals surface area contributed by atoms with Crippen LogP contribution in [0.1, 0.15) is 45.1 Å². The van der Waals surface area contributed by atoms with Gasteiger partial charge >= 0.3 is 5.97 Å². The molecule has 116 valence electrons. The predicted octanol–water partition coefficient (Wildman–Crippen LogP) is 3.02. The van der Waals surface area contributed by atoms with E-state index in [-0.39, 0.29) is 12.3 Å². The van der Waals surface area contributed by atoms with E-state index in [1.807, 2.05) is 32.0 Å². The van der Waals surface area contributed by atoms with E-state index in [1.54, 1.807) is 0 Å².